The lowest BCUT2D eigenvalue weighted by Crippen LogP contribution is -2.41. The molecule has 0 amide bonds. The van der Waals surface area contributed by atoms with Crippen molar-refractivity contribution in [3.05, 3.63) is 35.9 Å². The number of nitrogens with one attached hydrogen (secondary N) is 2. The first-order valence-corrected chi connectivity index (χ1v) is 9.35. The molecule has 8 nitrogen and oxygen atoms in total. The minimum absolute atomic E-state index is 0. The van der Waals surface area contributed by atoms with Crippen molar-refractivity contribution in [2.24, 2.45) is 4.99 Å². The lowest BCUT2D eigenvalue weighted by Gasteiger charge is -2.18. The molecule has 1 aromatic heterocycles. The van der Waals surface area contributed by atoms with Gasteiger partial charge in [0.25, 0.3) is 0 Å². The van der Waals surface area contributed by atoms with E-state index >= 15 is 0 Å². The smallest absolute Gasteiger partial charge is 0.191 e. The molecule has 2 heterocycles. The van der Waals surface area contributed by atoms with Crippen molar-refractivity contribution in [3.63, 3.8) is 0 Å². The van der Waals surface area contributed by atoms with E-state index in [1.165, 1.54) is 12.8 Å². The highest BCUT2D eigenvalue weighted by Crippen LogP contribution is 2.19. The number of aromatic nitrogens is 3. The number of fused-ring (bicyclic) bond motifs is 1. The van der Waals surface area contributed by atoms with E-state index in [2.05, 4.69) is 30.4 Å². The van der Waals surface area contributed by atoms with Crippen LogP contribution in [0.4, 0.5) is 0 Å². The molecular formula is C19H29IN6O2. The average Bonchev–Trinajstić information content (AvgIpc) is 3.11. The van der Waals surface area contributed by atoms with Crippen LogP contribution >= 0.6 is 24.0 Å². The first-order valence-electron chi connectivity index (χ1n) is 9.35. The molecule has 1 atom stereocenters. The average molecular weight is 500 g/mol. The quantitative estimate of drug-likeness (QED) is 0.345. The van der Waals surface area contributed by atoms with Gasteiger partial charge < -0.3 is 24.7 Å². The molecular weight excluding hydrogens is 471 g/mol. The Bertz CT molecular complexity index is 780. The second kappa shape index (κ2) is 11.1. The summed E-state index contributed by atoms with van der Waals surface area (Å²) in [7, 11) is 3.40. The van der Waals surface area contributed by atoms with Crippen LogP contribution in [-0.4, -0.2) is 47.5 Å². The Hall–Kier alpha value is -2.04. The Morgan fingerprint density at radius 1 is 1.25 bits per heavy atom. The second-order valence-corrected chi connectivity index (χ2v) is 6.56. The molecule has 3 rings (SSSR count). The second-order valence-electron chi connectivity index (χ2n) is 6.56. The lowest BCUT2D eigenvalue weighted by atomic mass is 10.2. The van der Waals surface area contributed by atoms with Gasteiger partial charge >= 0.3 is 0 Å². The van der Waals surface area contributed by atoms with Gasteiger partial charge in [0, 0.05) is 26.1 Å². The van der Waals surface area contributed by atoms with E-state index in [1.807, 2.05) is 31.2 Å². The summed E-state index contributed by atoms with van der Waals surface area (Å²) in [6.45, 7) is 4.22. The van der Waals surface area contributed by atoms with Crippen molar-refractivity contribution in [2.75, 3.05) is 20.7 Å². The zero-order chi connectivity index (χ0) is 19.1. The first kappa shape index (κ1) is 22.3. The molecule has 154 valence electrons. The Morgan fingerprint density at radius 2 is 2.07 bits per heavy atom. The van der Waals surface area contributed by atoms with Crippen molar-refractivity contribution >= 4 is 29.9 Å². The van der Waals surface area contributed by atoms with Gasteiger partial charge in [-0.15, -0.1) is 34.2 Å². The van der Waals surface area contributed by atoms with Gasteiger partial charge in [-0.25, -0.2) is 0 Å². The normalized spacial score (nSPS) is 14.5. The maximum atomic E-state index is 5.92. The van der Waals surface area contributed by atoms with Crippen LogP contribution in [0, 0.1) is 0 Å². The maximum absolute atomic E-state index is 5.92. The standard InChI is InChI=1S/C19H28N6O2.HI/c1-14(27-16-8-6-7-15(11-16)26-3)12-21-19(20-2)22-13-18-24-23-17-9-4-5-10-25(17)18;/h6-8,11,14H,4-5,9-10,12-13H2,1-3H3,(H2,20,21,22);1H. The Balaban J connectivity index is 0.00000280. The summed E-state index contributed by atoms with van der Waals surface area (Å²) in [6.07, 6.45) is 3.36. The summed E-state index contributed by atoms with van der Waals surface area (Å²) in [5.41, 5.74) is 0. The molecule has 0 aliphatic carbocycles. The van der Waals surface area contributed by atoms with Crippen LogP contribution in [0.3, 0.4) is 0 Å². The molecule has 0 spiro atoms. The maximum Gasteiger partial charge on any atom is 0.191 e. The summed E-state index contributed by atoms with van der Waals surface area (Å²) in [5.74, 6) is 4.31. The van der Waals surface area contributed by atoms with Crippen LogP contribution in [0.1, 0.15) is 31.4 Å². The topological polar surface area (TPSA) is 85.6 Å². The van der Waals surface area contributed by atoms with E-state index in [0.29, 0.717) is 19.0 Å². The number of benzene rings is 1. The third kappa shape index (κ3) is 5.98. The lowest BCUT2D eigenvalue weighted by molar-refractivity contribution is 0.223. The summed E-state index contributed by atoms with van der Waals surface area (Å²) in [6, 6.07) is 7.59. The molecule has 2 aromatic rings. The van der Waals surface area contributed by atoms with Crippen molar-refractivity contribution in [1.29, 1.82) is 0 Å². The SMILES string of the molecule is CN=C(NCc1nnc2n1CCCC2)NCC(C)Oc1cccc(OC)c1.I. The van der Waals surface area contributed by atoms with Crippen LogP contribution in [0.2, 0.25) is 0 Å². The zero-order valence-electron chi connectivity index (χ0n) is 16.6. The first-order chi connectivity index (χ1) is 13.2. The third-order valence-corrected chi connectivity index (χ3v) is 4.51. The Morgan fingerprint density at radius 3 is 2.86 bits per heavy atom. The molecule has 0 saturated carbocycles. The van der Waals surface area contributed by atoms with E-state index in [4.69, 9.17) is 9.47 Å². The highest BCUT2D eigenvalue weighted by Gasteiger charge is 2.15. The van der Waals surface area contributed by atoms with Crippen LogP contribution in [0.25, 0.3) is 0 Å². The van der Waals surface area contributed by atoms with Crippen molar-refractivity contribution in [3.8, 4) is 11.5 Å². The van der Waals surface area contributed by atoms with Gasteiger partial charge in [0.05, 0.1) is 20.2 Å². The molecule has 0 radical (unpaired) electrons. The highest BCUT2D eigenvalue weighted by molar-refractivity contribution is 14.0. The van der Waals surface area contributed by atoms with Crippen molar-refractivity contribution in [1.82, 2.24) is 25.4 Å². The zero-order valence-corrected chi connectivity index (χ0v) is 19.0. The molecule has 1 aromatic carbocycles. The van der Waals surface area contributed by atoms with E-state index < -0.39 is 0 Å². The summed E-state index contributed by atoms with van der Waals surface area (Å²) in [5, 5.41) is 15.2. The fourth-order valence-corrected chi connectivity index (χ4v) is 3.07. The van der Waals surface area contributed by atoms with Crippen LogP contribution in [-0.2, 0) is 19.5 Å². The molecule has 0 fully saturated rings. The van der Waals surface area contributed by atoms with E-state index in [9.17, 15) is 0 Å². The van der Waals surface area contributed by atoms with Gasteiger partial charge in [0.2, 0.25) is 0 Å². The fraction of sp³-hybridized carbons (Fsp3) is 0.526. The Labute approximate surface area is 183 Å². The summed E-state index contributed by atoms with van der Waals surface area (Å²) >= 11 is 0. The van der Waals surface area contributed by atoms with Gasteiger partial charge in [0.15, 0.2) is 11.8 Å². The number of hydrogen-bond acceptors (Lipinski definition) is 5. The molecule has 9 heteroatoms. The van der Waals surface area contributed by atoms with Crippen molar-refractivity contribution in [2.45, 2.75) is 45.4 Å². The molecule has 1 unspecified atom stereocenters. The summed E-state index contributed by atoms with van der Waals surface area (Å²) in [4.78, 5) is 4.27. The van der Waals surface area contributed by atoms with Gasteiger partial charge in [-0.05, 0) is 31.9 Å². The monoisotopic (exact) mass is 500 g/mol. The molecule has 28 heavy (non-hydrogen) atoms. The van der Waals surface area contributed by atoms with E-state index in [1.54, 1.807) is 14.2 Å². The predicted molar refractivity (Wildman–Crippen MR) is 120 cm³/mol. The molecule has 1 aliphatic heterocycles. The number of rotatable bonds is 7. The number of nitrogens with zero attached hydrogens (tertiary/aromatic N) is 4. The minimum atomic E-state index is -0.0310. The van der Waals surface area contributed by atoms with Gasteiger partial charge in [-0.2, -0.15) is 0 Å². The number of guanidine groups is 1. The number of ether oxygens (including phenoxy) is 2. The molecule has 0 saturated heterocycles. The van der Waals surface area contributed by atoms with Crippen LogP contribution < -0.4 is 20.1 Å². The van der Waals surface area contributed by atoms with Crippen LogP contribution in [0.5, 0.6) is 11.5 Å². The number of methoxy groups -OCH3 is 1. The van der Waals surface area contributed by atoms with E-state index in [0.717, 1.165) is 36.1 Å². The largest absolute Gasteiger partial charge is 0.497 e. The molecule has 2 N–H and O–H groups in total. The third-order valence-electron chi connectivity index (χ3n) is 4.51. The van der Waals surface area contributed by atoms with Gasteiger partial charge in [-0.3, -0.25) is 4.99 Å². The fourth-order valence-electron chi connectivity index (χ4n) is 3.07. The minimum Gasteiger partial charge on any atom is -0.497 e. The van der Waals surface area contributed by atoms with Gasteiger partial charge in [0.1, 0.15) is 23.4 Å². The highest BCUT2D eigenvalue weighted by atomic mass is 127. The van der Waals surface area contributed by atoms with E-state index in [-0.39, 0.29) is 30.1 Å². The molecule has 0 bridgehead atoms. The van der Waals surface area contributed by atoms with Gasteiger partial charge in [-0.1, -0.05) is 6.07 Å². The molecule has 1 aliphatic rings. The van der Waals surface area contributed by atoms with Crippen molar-refractivity contribution < 1.29 is 9.47 Å². The number of aryl methyl sites for hydroxylation is 1. The van der Waals surface area contributed by atoms with Crippen LogP contribution in [0.15, 0.2) is 29.3 Å². The number of hydrogen-bond donors (Lipinski definition) is 2. The predicted octanol–water partition coefficient (Wildman–Crippen LogP) is 2.37. The number of halogens is 1. The number of aliphatic imine (C=N–C) groups is 1. The Kier molecular flexibility index (Phi) is 8.81. The summed E-state index contributed by atoms with van der Waals surface area (Å²) < 4.78 is 13.4.